The van der Waals surface area contributed by atoms with Gasteiger partial charge in [0.15, 0.2) is 0 Å². The Kier molecular flexibility index (Phi) is 2.70. The smallest absolute Gasteiger partial charge is 0.0914 e. The van der Waals surface area contributed by atoms with Crippen LogP contribution >= 0.6 is 0 Å². The molecule has 0 saturated carbocycles. The molecule has 4 aliphatic rings. The summed E-state index contributed by atoms with van der Waals surface area (Å²) < 4.78 is 0. The molecule has 4 rings (SSSR count). The molecule has 0 aromatic heterocycles. The van der Waals surface area contributed by atoms with Crippen LogP contribution in [0.3, 0.4) is 0 Å². The Morgan fingerprint density at radius 1 is 1.29 bits per heavy atom. The number of hydrogen-bond donors (Lipinski definition) is 1. The van der Waals surface area contributed by atoms with Crippen LogP contribution < -0.4 is 16.0 Å². The maximum Gasteiger partial charge on any atom is 0.0914 e. The van der Waals surface area contributed by atoms with E-state index in [1.807, 2.05) is 6.08 Å². The average molecular weight is 278 g/mol. The van der Waals surface area contributed by atoms with Crippen LogP contribution in [0.4, 0.5) is 5.69 Å². The Balaban J connectivity index is 1.97. The quantitative estimate of drug-likeness (QED) is 0.914. The molecular weight excluding hydrogens is 260 g/mol. The van der Waals surface area contributed by atoms with Crippen molar-refractivity contribution in [3.8, 4) is 11.1 Å². The Morgan fingerprint density at radius 2 is 2.19 bits per heavy atom. The van der Waals surface area contributed by atoms with Crippen LogP contribution in [0.25, 0.3) is 17.2 Å². The first-order valence-electron chi connectivity index (χ1n) is 7.47. The average Bonchev–Trinajstić information content (AvgIpc) is 2.88. The molecule has 2 aliphatic heterocycles. The molecule has 2 heterocycles. The van der Waals surface area contributed by atoms with E-state index in [0.29, 0.717) is 6.04 Å². The molecule has 0 bridgehead atoms. The lowest BCUT2D eigenvalue weighted by Crippen LogP contribution is -2.32. The van der Waals surface area contributed by atoms with E-state index in [0.717, 1.165) is 24.0 Å². The van der Waals surface area contributed by atoms with Gasteiger partial charge in [-0.3, -0.25) is 10.4 Å². The summed E-state index contributed by atoms with van der Waals surface area (Å²) in [6.07, 6.45) is 4.94. The number of rotatable bonds is 2. The summed E-state index contributed by atoms with van der Waals surface area (Å²) in [7, 11) is 0. The second-order valence-electron chi connectivity index (χ2n) is 5.71. The van der Waals surface area contributed by atoms with E-state index < -0.39 is 0 Å². The van der Waals surface area contributed by atoms with Crippen molar-refractivity contribution in [2.75, 3.05) is 5.43 Å². The van der Waals surface area contributed by atoms with E-state index in [2.05, 4.69) is 53.6 Å². The second-order valence-corrected chi connectivity index (χ2v) is 5.71. The van der Waals surface area contributed by atoms with E-state index in [1.165, 1.54) is 21.9 Å². The highest BCUT2D eigenvalue weighted by Crippen LogP contribution is 2.31. The third kappa shape index (κ3) is 1.82. The molecule has 0 aromatic carbocycles. The van der Waals surface area contributed by atoms with Crippen molar-refractivity contribution >= 4 is 18.0 Å². The van der Waals surface area contributed by atoms with Gasteiger partial charge in [0, 0.05) is 28.6 Å². The van der Waals surface area contributed by atoms with Crippen molar-refractivity contribution in [2.24, 2.45) is 10.2 Å². The summed E-state index contributed by atoms with van der Waals surface area (Å²) in [5.41, 5.74) is 8.03. The molecule has 0 amide bonds. The molecule has 0 radical (unpaired) electrons. The Hall–Kier alpha value is -2.36. The minimum atomic E-state index is 0.455. The van der Waals surface area contributed by atoms with E-state index >= 15 is 0 Å². The van der Waals surface area contributed by atoms with E-state index in [9.17, 15) is 0 Å². The third-order valence-electron chi connectivity index (χ3n) is 4.45. The first kappa shape index (κ1) is 12.4. The standard InChI is InChI=1S/C17H18N4/c1-3-11(2)21-10-13-5-4-12-8-9-18-19-17(12)14-6-7-15(20-21)16(13)14/h4-9,11,19H,3,10H2,1-2H3. The summed E-state index contributed by atoms with van der Waals surface area (Å²) in [5, 5.41) is 13.4. The number of anilines is 1. The van der Waals surface area contributed by atoms with Crippen LogP contribution in [0, 0.1) is 0 Å². The summed E-state index contributed by atoms with van der Waals surface area (Å²) >= 11 is 0. The molecule has 0 spiro atoms. The van der Waals surface area contributed by atoms with E-state index in [4.69, 9.17) is 5.10 Å². The summed E-state index contributed by atoms with van der Waals surface area (Å²) in [4.78, 5) is 0. The minimum Gasteiger partial charge on any atom is -0.289 e. The third-order valence-corrected chi connectivity index (χ3v) is 4.45. The molecule has 4 heteroatoms. The molecule has 4 nitrogen and oxygen atoms in total. The highest BCUT2D eigenvalue weighted by molar-refractivity contribution is 5.96. The second kappa shape index (κ2) is 4.58. The van der Waals surface area contributed by atoms with Gasteiger partial charge in [0.25, 0.3) is 0 Å². The molecule has 1 N–H and O–H groups in total. The lowest BCUT2D eigenvalue weighted by atomic mass is 10.0. The SMILES string of the molecule is CCC(C)N1Cc2ccc3c(c4ccc(c2-4)=N1)NN=CC=3. The molecule has 1 atom stereocenters. The minimum absolute atomic E-state index is 0.455. The van der Waals surface area contributed by atoms with Gasteiger partial charge in [0.1, 0.15) is 0 Å². The summed E-state index contributed by atoms with van der Waals surface area (Å²) in [6.45, 7) is 5.30. The zero-order chi connectivity index (χ0) is 14.4. The zero-order valence-corrected chi connectivity index (χ0v) is 12.3. The van der Waals surface area contributed by atoms with Crippen LogP contribution in [0.5, 0.6) is 0 Å². The number of nitrogens with zero attached hydrogens (tertiary/aromatic N) is 3. The van der Waals surface area contributed by atoms with Gasteiger partial charge >= 0.3 is 0 Å². The topological polar surface area (TPSA) is 40.0 Å². The van der Waals surface area contributed by atoms with Gasteiger partial charge in [0.2, 0.25) is 0 Å². The highest BCUT2D eigenvalue weighted by Gasteiger charge is 2.22. The van der Waals surface area contributed by atoms with Crippen molar-refractivity contribution in [1.29, 1.82) is 0 Å². The van der Waals surface area contributed by atoms with Gasteiger partial charge < -0.3 is 0 Å². The van der Waals surface area contributed by atoms with Gasteiger partial charge in [-0.2, -0.15) is 10.2 Å². The van der Waals surface area contributed by atoms with Crippen molar-refractivity contribution in [2.45, 2.75) is 32.9 Å². The Bertz CT molecular complexity index is 822. The fourth-order valence-electron chi connectivity index (χ4n) is 3.04. The largest absolute Gasteiger partial charge is 0.289 e. The van der Waals surface area contributed by atoms with E-state index in [-0.39, 0.29) is 0 Å². The van der Waals surface area contributed by atoms with Gasteiger partial charge in [-0.15, -0.1) is 0 Å². The molecular formula is C17H18N4. The Labute approximate surface area is 123 Å². The monoisotopic (exact) mass is 278 g/mol. The molecule has 106 valence electrons. The maximum atomic E-state index is 4.83. The molecule has 21 heavy (non-hydrogen) atoms. The molecule has 0 aromatic rings. The molecule has 0 fully saturated rings. The number of nitrogens with one attached hydrogen (secondary N) is 1. The van der Waals surface area contributed by atoms with Crippen molar-refractivity contribution in [3.05, 3.63) is 40.4 Å². The van der Waals surface area contributed by atoms with Crippen molar-refractivity contribution < 1.29 is 0 Å². The molecule has 2 aliphatic carbocycles. The van der Waals surface area contributed by atoms with Crippen molar-refractivity contribution in [3.63, 3.8) is 0 Å². The lowest BCUT2D eigenvalue weighted by molar-refractivity contribution is 0.192. The fourth-order valence-corrected chi connectivity index (χ4v) is 3.04. The predicted molar refractivity (Wildman–Crippen MR) is 85.7 cm³/mol. The number of hydrazone groups is 1. The Morgan fingerprint density at radius 3 is 3.05 bits per heavy atom. The van der Waals surface area contributed by atoms with Gasteiger partial charge in [-0.05, 0) is 37.1 Å². The first-order chi connectivity index (χ1) is 10.3. The summed E-state index contributed by atoms with van der Waals surface area (Å²) in [6, 6.07) is 9.12. The van der Waals surface area contributed by atoms with Gasteiger partial charge in [-0.25, -0.2) is 0 Å². The number of fused-ring (bicyclic) bond motifs is 2. The summed E-state index contributed by atoms with van der Waals surface area (Å²) in [5.74, 6) is 0. The normalized spacial score (nSPS) is 16.8. The van der Waals surface area contributed by atoms with Crippen LogP contribution in [0.1, 0.15) is 25.8 Å². The predicted octanol–water partition coefficient (Wildman–Crippen LogP) is 2.13. The van der Waals surface area contributed by atoms with E-state index in [1.54, 1.807) is 6.21 Å². The van der Waals surface area contributed by atoms with Crippen LogP contribution in [-0.4, -0.2) is 17.3 Å². The molecule has 0 saturated heterocycles. The molecule has 1 unspecified atom stereocenters. The fraction of sp³-hybridized carbons (Fsp3) is 0.294. The number of hydrogen-bond acceptors (Lipinski definition) is 4. The van der Waals surface area contributed by atoms with Crippen molar-refractivity contribution in [1.82, 2.24) is 5.01 Å². The zero-order valence-electron chi connectivity index (χ0n) is 12.3. The van der Waals surface area contributed by atoms with Gasteiger partial charge in [-0.1, -0.05) is 19.1 Å². The maximum absolute atomic E-state index is 4.83. The van der Waals surface area contributed by atoms with Crippen LogP contribution in [-0.2, 0) is 6.54 Å². The highest BCUT2D eigenvalue weighted by atomic mass is 15.5. The van der Waals surface area contributed by atoms with Gasteiger partial charge in [0.05, 0.1) is 17.6 Å². The van der Waals surface area contributed by atoms with Crippen LogP contribution in [0.15, 0.2) is 34.5 Å². The van der Waals surface area contributed by atoms with Crippen LogP contribution in [0.2, 0.25) is 0 Å². The lowest BCUT2D eigenvalue weighted by Gasteiger charge is -2.28. The first-order valence-corrected chi connectivity index (χ1v) is 7.47.